The number of piperidine rings is 3. The second kappa shape index (κ2) is 11.9. The fourth-order valence-corrected chi connectivity index (χ4v) is 4.92. The highest BCUT2D eigenvalue weighted by atomic mass is 16.5. The Morgan fingerprint density at radius 2 is 1.86 bits per heavy atom. The zero-order valence-corrected chi connectivity index (χ0v) is 20.6. The molecule has 4 N–H and O–H groups in total. The van der Waals surface area contributed by atoms with Crippen LogP contribution in [0.15, 0.2) is 60.7 Å². The van der Waals surface area contributed by atoms with Crippen molar-refractivity contribution < 1.29 is 14.9 Å². The van der Waals surface area contributed by atoms with E-state index in [9.17, 15) is 4.79 Å². The van der Waals surface area contributed by atoms with Crippen LogP contribution in [-0.2, 0) is 11.4 Å². The van der Waals surface area contributed by atoms with Crippen molar-refractivity contribution in [2.75, 3.05) is 19.6 Å². The smallest absolute Gasteiger partial charge is 0.269 e. The summed E-state index contributed by atoms with van der Waals surface area (Å²) >= 11 is 0. The SMILES string of the molecule is CCCCC(=[NH2+])/C(=C\C(=N)C(=O)NC1CN2CCC1CC2)c1ccc(OCc2ccccc2)cc1. The molecule has 0 aromatic heterocycles. The van der Waals surface area contributed by atoms with Gasteiger partial charge in [-0.1, -0.05) is 55.8 Å². The highest BCUT2D eigenvalue weighted by molar-refractivity contribution is 6.45. The number of rotatable bonds is 11. The van der Waals surface area contributed by atoms with E-state index >= 15 is 0 Å². The summed E-state index contributed by atoms with van der Waals surface area (Å²) in [5.74, 6) is 0.955. The number of ether oxygens (including phenoxy) is 1. The Hall–Kier alpha value is -3.25. The first-order chi connectivity index (χ1) is 17.0. The van der Waals surface area contributed by atoms with Crippen LogP contribution in [0.5, 0.6) is 5.75 Å². The topological polar surface area (TPSA) is 91.0 Å². The molecule has 0 radical (unpaired) electrons. The van der Waals surface area contributed by atoms with Crippen molar-refractivity contribution >= 4 is 22.9 Å². The molecule has 1 unspecified atom stereocenters. The van der Waals surface area contributed by atoms with Gasteiger partial charge in [0, 0.05) is 19.0 Å². The van der Waals surface area contributed by atoms with Gasteiger partial charge >= 0.3 is 0 Å². The number of nitrogens with one attached hydrogen (secondary N) is 2. The van der Waals surface area contributed by atoms with Crippen molar-refractivity contribution in [2.45, 2.75) is 51.7 Å². The van der Waals surface area contributed by atoms with E-state index in [1.807, 2.05) is 54.6 Å². The maximum atomic E-state index is 12.9. The largest absolute Gasteiger partial charge is 0.489 e. The zero-order chi connectivity index (χ0) is 24.6. The number of amides is 1. The molecular formula is C29H37N4O2+. The predicted octanol–water partition coefficient (Wildman–Crippen LogP) is 3.27. The molecule has 1 amide bonds. The standard InChI is InChI=1S/C29H36N4O2/c1-2-3-9-26(30)25(18-27(31)29(34)32-28-19-33-16-14-23(28)15-17-33)22-10-12-24(13-11-22)35-20-21-7-5-4-6-8-21/h4-8,10-13,18,23,28,30-31H,2-3,9,14-17,19-20H2,1H3,(H,32,34)/p+1/b25-18-,30-26?,31-27?. The van der Waals surface area contributed by atoms with Crippen LogP contribution < -0.4 is 15.5 Å². The van der Waals surface area contributed by atoms with Crippen molar-refractivity contribution in [2.24, 2.45) is 5.92 Å². The summed E-state index contributed by atoms with van der Waals surface area (Å²) in [6.45, 7) is 5.74. The van der Waals surface area contributed by atoms with Gasteiger partial charge in [0.25, 0.3) is 5.91 Å². The Bertz CT molecular complexity index is 1050. The highest BCUT2D eigenvalue weighted by Crippen LogP contribution is 2.27. The van der Waals surface area contributed by atoms with E-state index in [4.69, 9.17) is 15.6 Å². The molecule has 3 aliphatic rings. The molecule has 1 atom stereocenters. The quantitative estimate of drug-likeness (QED) is 0.438. The number of benzene rings is 2. The zero-order valence-electron chi connectivity index (χ0n) is 20.6. The lowest BCUT2D eigenvalue weighted by Crippen LogP contribution is -2.58. The van der Waals surface area contributed by atoms with Crippen LogP contribution >= 0.6 is 0 Å². The summed E-state index contributed by atoms with van der Waals surface area (Å²) < 4.78 is 5.91. The third-order valence-corrected chi connectivity index (χ3v) is 7.07. The fraction of sp³-hybridized carbons (Fsp3) is 0.414. The Morgan fingerprint density at radius 1 is 1.14 bits per heavy atom. The van der Waals surface area contributed by atoms with Gasteiger partial charge in [0.15, 0.2) is 5.71 Å². The molecule has 6 heteroatoms. The van der Waals surface area contributed by atoms with Gasteiger partial charge in [-0.25, -0.2) is 0 Å². The molecule has 3 heterocycles. The summed E-state index contributed by atoms with van der Waals surface area (Å²) in [6.07, 6.45) is 6.58. The molecule has 184 valence electrons. The lowest BCUT2D eigenvalue weighted by Gasteiger charge is -2.44. The van der Waals surface area contributed by atoms with Crippen LogP contribution in [0.3, 0.4) is 0 Å². The van der Waals surface area contributed by atoms with Crippen molar-refractivity contribution in [1.82, 2.24) is 10.2 Å². The molecule has 5 rings (SSSR count). The number of allylic oxidation sites excluding steroid dienone is 1. The number of hydrogen-bond donors (Lipinski definition) is 3. The second-order valence-electron chi connectivity index (χ2n) is 9.62. The molecule has 6 nitrogen and oxygen atoms in total. The van der Waals surface area contributed by atoms with Crippen molar-refractivity contribution in [3.05, 3.63) is 71.8 Å². The van der Waals surface area contributed by atoms with Crippen LogP contribution in [0.25, 0.3) is 5.57 Å². The minimum Gasteiger partial charge on any atom is -0.489 e. The Balaban J connectivity index is 1.45. The highest BCUT2D eigenvalue weighted by Gasteiger charge is 2.35. The van der Waals surface area contributed by atoms with E-state index < -0.39 is 0 Å². The van der Waals surface area contributed by atoms with Gasteiger partial charge in [-0.3, -0.25) is 15.6 Å². The van der Waals surface area contributed by atoms with Crippen molar-refractivity contribution in [3.63, 3.8) is 0 Å². The fourth-order valence-electron chi connectivity index (χ4n) is 4.92. The molecule has 3 fully saturated rings. The lowest BCUT2D eigenvalue weighted by atomic mass is 9.84. The van der Waals surface area contributed by atoms with Gasteiger partial charge < -0.3 is 15.0 Å². The summed E-state index contributed by atoms with van der Waals surface area (Å²) in [4.78, 5) is 15.3. The average molecular weight is 474 g/mol. The molecule has 35 heavy (non-hydrogen) atoms. The van der Waals surface area contributed by atoms with E-state index in [1.165, 1.54) is 0 Å². The summed E-state index contributed by atoms with van der Waals surface area (Å²) in [5.41, 5.74) is 3.37. The number of hydrogen-bond acceptors (Lipinski definition) is 4. The van der Waals surface area contributed by atoms with E-state index in [-0.39, 0.29) is 17.7 Å². The Labute approximate surface area is 208 Å². The number of nitrogens with zero attached hydrogens (tertiary/aromatic N) is 1. The van der Waals surface area contributed by atoms with E-state index in [0.29, 0.717) is 18.2 Å². The molecular weight excluding hydrogens is 436 g/mol. The number of unbranched alkanes of at least 4 members (excludes halogenated alkanes) is 1. The van der Waals surface area contributed by atoms with Crippen LogP contribution in [0.4, 0.5) is 0 Å². The Kier molecular flexibility index (Phi) is 8.48. The van der Waals surface area contributed by atoms with Crippen LogP contribution in [-0.4, -0.2) is 47.9 Å². The minimum absolute atomic E-state index is 0.0553. The van der Waals surface area contributed by atoms with Crippen LogP contribution in [0.1, 0.15) is 50.2 Å². The molecule has 2 aromatic carbocycles. The first-order valence-electron chi connectivity index (χ1n) is 12.8. The van der Waals surface area contributed by atoms with Gasteiger partial charge in [0.05, 0.1) is 5.57 Å². The van der Waals surface area contributed by atoms with Crippen molar-refractivity contribution in [3.8, 4) is 5.75 Å². The summed E-state index contributed by atoms with van der Waals surface area (Å²) in [5, 5.41) is 18.1. The molecule has 3 saturated heterocycles. The normalized spacial score (nSPS) is 21.4. The summed E-state index contributed by atoms with van der Waals surface area (Å²) in [6, 6.07) is 17.9. The minimum atomic E-state index is -0.327. The molecule has 0 spiro atoms. The molecule has 3 aliphatic heterocycles. The maximum Gasteiger partial charge on any atom is 0.269 e. The third-order valence-electron chi connectivity index (χ3n) is 7.07. The van der Waals surface area contributed by atoms with E-state index in [0.717, 1.165) is 74.2 Å². The van der Waals surface area contributed by atoms with E-state index in [2.05, 4.69) is 17.1 Å². The Morgan fingerprint density at radius 3 is 2.49 bits per heavy atom. The monoisotopic (exact) mass is 473 g/mol. The second-order valence-corrected chi connectivity index (χ2v) is 9.62. The van der Waals surface area contributed by atoms with E-state index in [1.54, 1.807) is 6.08 Å². The van der Waals surface area contributed by atoms with Gasteiger partial charge in [0.1, 0.15) is 18.1 Å². The van der Waals surface area contributed by atoms with Crippen LogP contribution in [0.2, 0.25) is 0 Å². The number of carbonyl (C=O) groups is 1. The molecule has 0 aliphatic carbocycles. The maximum absolute atomic E-state index is 12.9. The van der Waals surface area contributed by atoms with Gasteiger partial charge in [-0.05, 0) is 67.6 Å². The third kappa shape index (κ3) is 6.67. The first kappa shape index (κ1) is 24.9. The van der Waals surface area contributed by atoms with Gasteiger partial charge in [-0.15, -0.1) is 0 Å². The number of fused-ring (bicyclic) bond motifs is 3. The van der Waals surface area contributed by atoms with Gasteiger partial charge in [0.2, 0.25) is 0 Å². The van der Waals surface area contributed by atoms with Gasteiger partial charge in [-0.2, -0.15) is 0 Å². The average Bonchev–Trinajstić information content (AvgIpc) is 2.90. The first-order valence-corrected chi connectivity index (χ1v) is 12.8. The molecule has 0 saturated carbocycles. The predicted molar refractivity (Wildman–Crippen MR) is 140 cm³/mol. The van der Waals surface area contributed by atoms with Crippen LogP contribution in [0, 0.1) is 11.3 Å². The lowest BCUT2D eigenvalue weighted by molar-refractivity contribution is -0.116. The van der Waals surface area contributed by atoms with Crippen molar-refractivity contribution in [1.29, 1.82) is 5.41 Å². The number of nitrogens with two attached hydrogens (primary N) is 1. The molecule has 2 bridgehead atoms. The molecule has 2 aromatic rings. The number of carbonyl (C=O) groups excluding carboxylic acids is 1. The summed E-state index contributed by atoms with van der Waals surface area (Å²) in [7, 11) is 0.